The number of aliphatic hydroxyl groups is 1. The maximum absolute atomic E-state index is 9.67. The molecule has 2 nitrogen and oxygen atoms in total. The molecular formula is C14H20ClNO. The monoisotopic (exact) mass is 253 g/mol. The first kappa shape index (κ1) is 12.7. The van der Waals surface area contributed by atoms with E-state index in [1.807, 2.05) is 24.3 Å². The summed E-state index contributed by atoms with van der Waals surface area (Å²) in [5.74, 6) is 0.766. The van der Waals surface area contributed by atoms with Crippen LogP contribution in [0, 0.1) is 5.92 Å². The van der Waals surface area contributed by atoms with Crippen LogP contribution in [-0.4, -0.2) is 17.3 Å². The number of nitrogens with one attached hydrogen (secondary N) is 1. The van der Waals surface area contributed by atoms with Gasteiger partial charge in [0.15, 0.2) is 0 Å². The van der Waals surface area contributed by atoms with Gasteiger partial charge >= 0.3 is 0 Å². The maximum atomic E-state index is 9.67. The number of halogens is 1. The Morgan fingerprint density at radius 3 is 2.59 bits per heavy atom. The molecule has 1 saturated carbocycles. The standard InChI is InChI=1S/C14H20ClNO/c1-11-6-8-14(10-17,9-7-11)16-13-5-3-2-4-12(13)15/h2-5,11,16-17H,6-10H2,1H3. The quantitative estimate of drug-likeness (QED) is 0.861. The normalized spacial score (nSPS) is 29.0. The Morgan fingerprint density at radius 1 is 1.35 bits per heavy atom. The van der Waals surface area contributed by atoms with E-state index >= 15 is 0 Å². The Hall–Kier alpha value is -0.730. The molecule has 0 unspecified atom stereocenters. The molecule has 1 aromatic rings. The van der Waals surface area contributed by atoms with Crippen LogP contribution in [0.25, 0.3) is 0 Å². The fraction of sp³-hybridized carbons (Fsp3) is 0.571. The van der Waals surface area contributed by atoms with Crippen LogP contribution >= 0.6 is 11.6 Å². The summed E-state index contributed by atoms with van der Waals surface area (Å²) in [7, 11) is 0. The van der Waals surface area contributed by atoms with Crippen LogP contribution in [0.5, 0.6) is 0 Å². The molecule has 0 saturated heterocycles. The molecule has 0 bridgehead atoms. The summed E-state index contributed by atoms with van der Waals surface area (Å²) in [6, 6.07) is 7.73. The van der Waals surface area contributed by atoms with Gasteiger partial charge in [-0.05, 0) is 43.7 Å². The molecule has 0 aromatic heterocycles. The van der Waals surface area contributed by atoms with Crippen molar-refractivity contribution in [2.75, 3.05) is 11.9 Å². The van der Waals surface area contributed by atoms with Crippen LogP contribution in [0.4, 0.5) is 5.69 Å². The molecule has 1 fully saturated rings. The first-order valence-corrected chi connectivity index (χ1v) is 6.67. The number of aliphatic hydroxyl groups excluding tert-OH is 1. The molecular weight excluding hydrogens is 234 g/mol. The summed E-state index contributed by atoms with van der Waals surface area (Å²) in [6.45, 7) is 2.45. The highest BCUT2D eigenvalue weighted by atomic mass is 35.5. The third kappa shape index (κ3) is 2.93. The second-order valence-electron chi connectivity index (χ2n) is 5.23. The van der Waals surface area contributed by atoms with Gasteiger partial charge < -0.3 is 10.4 Å². The van der Waals surface area contributed by atoms with Crippen molar-refractivity contribution in [2.45, 2.75) is 38.1 Å². The van der Waals surface area contributed by atoms with Gasteiger partial charge in [0.25, 0.3) is 0 Å². The largest absolute Gasteiger partial charge is 0.394 e. The van der Waals surface area contributed by atoms with Crippen LogP contribution < -0.4 is 5.32 Å². The van der Waals surface area contributed by atoms with Gasteiger partial charge in [0.1, 0.15) is 0 Å². The molecule has 0 amide bonds. The summed E-state index contributed by atoms with van der Waals surface area (Å²) in [5.41, 5.74) is 0.745. The third-order valence-electron chi connectivity index (χ3n) is 3.81. The topological polar surface area (TPSA) is 32.3 Å². The highest BCUT2D eigenvalue weighted by molar-refractivity contribution is 6.33. The van der Waals surface area contributed by atoms with Crippen LogP contribution in [0.15, 0.2) is 24.3 Å². The molecule has 1 aliphatic carbocycles. The van der Waals surface area contributed by atoms with Crippen LogP contribution in [-0.2, 0) is 0 Å². The van der Waals surface area contributed by atoms with E-state index in [-0.39, 0.29) is 12.1 Å². The zero-order valence-electron chi connectivity index (χ0n) is 10.2. The van der Waals surface area contributed by atoms with Crippen molar-refractivity contribution >= 4 is 17.3 Å². The lowest BCUT2D eigenvalue weighted by Crippen LogP contribution is -2.45. The molecule has 2 N–H and O–H groups in total. The molecule has 2 rings (SSSR count). The molecule has 3 heteroatoms. The molecule has 0 aliphatic heterocycles. The Balaban J connectivity index is 2.12. The van der Waals surface area contributed by atoms with Crippen molar-refractivity contribution in [3.63, 3.8) is 0 Å². The first-order valence-electron chi connectivity index (χ1n) is 6.29. The van der Waals surface area contributed by atoms with Gasteiger partial charge in [-0.25, -0.2) is 0 Å². The number of hydrogen-bond donors (Lipinski definition) is 2. The second kappa shape index (κ2) is 5.28. The Labute approximate surface area is 108 Å². The van der Waals surface area contributed by atoms with E-state index < -0.39 is 0 Å². The minimum Gasteiger partial charge on any atom is -0.394 e. The molecule has 94 valence electrons. The minimum atomic E-state index is -0.183. The Kier molecular flexibility index (Phi) is 3.95. The molecule has 0 spiro atoms. The average molecular weight is 254 g/mol. The van der Waals surface area contributed by atoms with Gasteiger partial charge in [-0.3, -0.25) is 0 Å². The second-order valence-corrected chi connectivity index (χ2v) is 5.63. The van der Waals surface area contributed by atoms with Gasteiger partial charge in [-0.2, -0.15) is 0 Å². The molecule has 1 aromatic carbocycles. The van der Waals surface area contributed by atoms with Crippen molar-refractivity contribution in [1.82, 2.24) is 0 Å². The summed E-state index contributed by atoms with van der Waals surface area (Å²) >= 11 is 6.15. The van der Waals surface area contributed by atoms with E-state index in [1.54, 1.807) is 0 Å². The van der Waals surface area contributed by atoms with Gasteiger partial charge in [-0.15, -0.1) is 0 Å². The number of rotatable bonds is 3. The van der Waals surface area contributed by atoms with Crippen molar-refractivity contribution < 1.29 is 5.11 Å². The van der Waals surface area contributed by atoms with E-state index in [2.05, 4.69) is 12.2 Å². The van der Waals surface area contributed by atoms with E-state index in [1.165, 1.54) is 0 Å². The first-order chi connectivity index (χ1) is 8.15. The van der Waals surface area contributed by atoms with E-state index in [9.17, 15) is 5.11 Å². The highest BCUT2D eigenvalue weighted by Crippen LogP contribution is 2.35. The fourth-order valence-corrected chi connectivity index (χ4v) is 2.67. The summed E-state index contributed by atoms with van der Waals surface area (Å²) in [6.07, 6.45) is 4.35. The van der Waals surface area contributed by atoms with E-state index in [0.717, 1.165) is 42.3 Å². The van der Waals surface area contributed by atoms with Crippen molar-refractivity contribution in [3.05, 3.63) is 29.3 Å². The summed E-state index contributed by atoms with van der Waals surface area (Å²) in [4.78, 5) is 0. The van der Waals surface area contributed by atoms with Gasteiger partial charge in [0.2, 0.25) is 0 Å². The van der Waals surface area contributed by atoms with Gasteiger partial charge in [0.05, 0.1) is 22.9 Å². The Bertz CT molecular complexity index is 372. The Morgan fingerprint density at radius 2 is 2.00 bits per heavy atom. The fourth-order valence-electron chi connectivity index (χ4n) is 2.49. The van der Waals surface area contributed by atoms with Crippen LogP contribution in [0.1, 0.15) is 32.6 Å². The summed E-state index contributed by atoms with van der Waals surface area (Å²) in [5, 5.41) is 13.8. The number of hydrogen-bond acceptors (Lipinski definition) is 2. The predicted octanol–water partition coefficient (Wildman–Crippen LogP) is 3.69. The number of para-hydroxylation sites is 1. The molecule has 0 heterocycles. The zero-order chi connectivity index (χ0) is 12.3. The lowest BCUT2D eigenvalue weighted by Gasteiger charge is -2.39. The number of anilines is 1. The summed E-state index contributed by atoms with van der Waals surface area (Å²) < 4.78 is 0. The minimum absolute atomic E-state index is 0.172. The SMILES string of the molecule is CC1CCC(CO)(Nc2ccccc2Cl)CC1. The lowest BCUT2D eigenvalue weighted by molar-refractivity contribution is 0.155. The van der Waals surface area contributed by atoms with Crippen molar-refractivity contribution in [3.8, 4) is 0 Å². The van der Waals surface area contributed by atoms with Gasteiger partial charge in [0, 0.05) is 0 Å². The smallest absolute Gasteiger partial charge is 0.0661 e. The van der Waals surface area contributed by atoms with E-state index in [0.29, 0.717) is 0 Å². The zero-order valence-corrected chi connectivity index (χ0v) is 11.0. The van der Waals surface area contributed by atoms with Crippen LogP contribution in [0.3, 0.4) is 0 Å². The van der Waals surface area contributed by atoms with Gasteiger partial charge in [-0.1, -0.05) is 30.7 Å². The van der Waals surface area contributed by atoms with E-state index in [4.69, 9.17) is 11.6 Å². The highest BCUT2D eigenvalue weighted by Gasteiger charge is 2.33. The number of benzene rings is 1. The molecule has 17 heavy (non-hydrogen) atoms. The molecule has 0 radical (unpaired) electrons. The average Bonchev–Trinajstić information content (AvgIpc) is 2.35. The maximum Gasteiger partial charge on any atom is 0.0661 e. The molecule has 0 atom stereocenters. The third-order valence-corrected chi connectivity index (χ3v) is 4.14. The van der Waals surface area contributed by atoms with Crippen LogP contribution in [0.2, 0.25) is 5.02 Å². The predicted molar refractivity (Wildman–Crippen MR) is 72.5 cm³/mol. The lowest BCUT2D eigenvalue weighted by atomic mass is 9.77. The van der Waals surface area contributed by atoms with Crippen molar-refractivity contribution in [2.24, 2.45) is 5.92 Å². The van der Waals surface area contributed by atoms with Crippen molar-refractivity contribution in [1.29, 1.82) is 0 Å². The molecule has 1 aliphatic rings.